The van der Waals surface area contributed by atoms with Gasteiger partial charge in [-0.25, -0.2) is 0 Å². The van der Waals surface area contributed by atoms with Gasteiger partial charge in [-0.2, -0.15) is 5.10 Å². The van der Waals surface area contributed by atoms with Crippen molar-refractivity contribution in [2.75, 3.05) is 20.3 Å². The van der Waals surface area contributed by atoms with Crippen LogP contribution in [0.2, 0.25) is 0 Å². The Bertz CT molecular complexity index is 417. The van der Waals surface area contributed by atoms with E-state index in [0.717, 1.165) is 0 Å². The molecule has 1 amide bonds. The minimum Gasteiger partial charge on any atom is -0.481 e. The number of H-pyrrole nitrogens is 1. The summed E-state index contributed by atoms with van der Waals surface area (Å²) in [5, 5.41) is 15.2. The van der Waals surface area contributed by atoms with Crippen LogP contribution in [0.15, 0.2) is 12.4 Å². The van der Waals surface area contributed by atoms with Crippen LogP contribution < -0.4 is 0 Å². The van der Waals surface area contributed by atoms with Crippen molar-refractivity contribution in [2.24, 2.45) is 5.92 Å². The van der Waals surface area contributed by atoms with E-state index in [-0.39, 0.29) is 19.1 Å². The van der Waals surface area contributed by atoms with Crippen molar-refractivity contribution in [3.05, 3.63) is 18.0 Å². The van der Waals surface area contributed by atoms with Crippen LogP contribution >= 0.6 is 0 Å². The number of ether oxygens (including phenoxy) is 1. The van der Waals surface area contributed by atoms with E-state index in [1.165, 1.54) is 17.3 Å². The van der Waals surface area contributed by atoms with Crippen LogP contribution in [0.1, 0.15) is 10.4 Å². The first kappa shape index (κ1) is 11.6. The molecule has 7 heteroatoms. The van der Waals surface area contributed by atoms with E-state index in [2.05, 4.69) is 10.2 Å². The predicted molar refractivity (Wildman–Crippen MR) is 56.4 cm³/mol. The van der Waals surface area contributed by atoms with Gasteiger partial charge >= 0.3 is 5.97 Å². The Balaban J connectivity index is 2.12. The third-order valence-corrected chi connectivity index (χ3v) is 2.93. The summed E-state index contributed by atoms with van der Waals surface area (Å²) < 4.78 is 5.12. The number of carbonyl (C=O) groups excluding carboxylic acids is 1. The maximum atomic E-state index is 12.0. The number of aromatic amines is 1. The van der Waals surface area contributed by atoms with Crippen molar-refractivity contribution in [3.8, 4) is 0 Å². The Labute approximate surface area is 97.4 Å². The molecule has 1 fully saturated rings. The van der Waals surface area contributed by atoms with Gasteiger partial charge in [0, 0.05) is 13.2 Å². The minimum absolute atomic E-state index is 0.142. The monoisotopic (exact) mass is 239 g/mol. The molecule has 1 saturated heterocycles. The van der Waals surface area contributed by atoms with Crippen molar-refractivity contribution in [1.29, 1.82) is 0 Å². The zero-order chi connectivity index (χ0) is 12.4. The van der Waals surface area contributed by atoms with E-state index in [4.69, 9.17) is 9.84 Å². The molecular formula is C10H13N3O4. The molecule has 0 bridgehead atoms. The summed E-state index contributed by atoms with van der Waals surface area (Å²) in [7, 11) is 1.57. The highest BCUT2D eigenvalue weighted by molar-refractivity contribution is 5.94. The Morgan fingerprint density at radius 1 is 1.59 bits per heavy atom. The summed E-state index contributed by atoms with van der Waals surface area (Å²) in [6.07, 6.45) is 2.88. The van der Waals surface area contributed by atoms with Crippen LogP contribution in [-0.2, 0) is 9.53 Å². The number of carboxylic acids is 1. The predicted octanol–water partition coefficient (Wildman–Crippen LogP) is -0.419. The molecule has 0 radical (unpaired) electrons. The number of aromatic nitrogens is 2. The number of likely N-dealkylation sites (N-methyl/N-ethyl adjacent to an activating group) is 1. The standard InChI is InChI=1S/C10H13N3O4/c1-13(9(14)6-2-11-12-3-6)8-5-17-4-7(8)10(15)16/h2-3,7-8H,4-5H2,1H3,(H,11,12)(H,15,16). The smallest absolute Gasteiger partial charge is 0.311 e. The molecule has 2 atom stereocenters. The second kappa shape index (κ2) is 4.54. The normalized spacial score (nSPS) is 23.6. The van der Waals surface area contributed by atoms with Gasteiger partial charge in [-0.15, -0.1) is 0 Å². The highest BCUT2D eigenvalue weighted by atomic mass is 16.5. The number of hydrogen-bond acceptors (Lipinski definition) is 4. The number of carbonyl (C=O) groups is 2. The van der Waals surface area contributed by atoms with Gasteiger partial charge in [-0.05, 0) is 0 Å². The number of hydrogen-bond donors (Lipinski definition) is 2. The first-order valence-electron chi connectivity index (χ1n) is 5.17. The highest BCUT2D eigenvalue weighted by Gasteiger charge is 2.38. The lowest BCUT2D eigenvalue weighted by Crippen LogP contribution is -2.44. The largest absolute Gasteiger partial charge is 0.481 e. The Morgan fingerprint density at radius 2 is 2.35 bits per heavy atom. The fourth-order valence-electron chi connectivity index (χ4n) is 1.88. The first-order chi connectivity index (χ1) is 8.11. The van der Waals surface area contributed by atoms with Crippen molar-refractivity contribution in [3.63, 3.8) is 0 Å². The average molecular weight is 239 g/mol. The lowest BCUT2D eigenvalue weighted by Gasteiger charge is -2.25. The molecule has 0 aromatic carbocycles. The van der Waals surface area contributed by atoms with E-state index in [1.54, 1.807) is 7.05 Å². The van der Waals surface area contributed by atoms with E-state index in [0.29, 0.717) is 5.56 Å². The summed E-state index contributed by atoms with van der Waals surface area (Å²) in [5.41, 5.74) is 0.406. The SMILES string of the molecule is CN(C(=O)c1cn[nH]c1)C1COCC1C(=O)O. The Kier molecular flexibility index (Phi) is 3.10. The molecule has 2 N–H and O–H groups in total. The van der Waals surface area contributed by atoms with Crippen molar-refractivity contribution in [2.45, 2.75) is 6.04 Å². The summed E-state index contributed by atoms with van der Waals surface area (Å²) in [5.74, 6) is -1.88. The maximum Gasteiger partial charge on any atom is 0.311 e. The van der Waals surface area contributed by atoms with E-state index >= 15 is 0 Å². The van der Waals surface area contributed by atoms with Gasteiger partial charge < -0.3 is 14.7 Å². The molecule has 1 aromatic heterocycles. The van der Waals surface area contributed by atoms with Gasteiger partial charge in [0.25, 0.3) is 5.91 Å². The number of nitrogens with one attached hydrogen (secondary N) is 1. The summed E-state index contributed by atoms with van der Waals surface area (Å²) in [4.78, 5) is 24.4. The quantitative estimate of drug-likeness (QED) is 0.747. The molecular weight excluding hydrogens is 226 g/mol. The molecule has 0 aliphatic carbocycles. The summed E-state index contributed by atoms with van der Waals surface area (Å²) in [6.45, 7) is 0.389. The summed E-state index contributed by atoms with van der Waals surface area (Å²) >= 11 is 0. The molecule has 2 unspecified atom stereocenters. The molecule has 1 aromatic rings. The Hall–Kier alpha value is -1.89. The lowest BCUT2D eigenvalue weighted by molar-refractivity contribution is -0.142. The van der Waals surface area contributed by atoms with Crippen LogP contribution in [0.3, 0.4) is 0 Å². The molecule has 92 valence electrons. The van der Waals surface area contributed by atoms with Gasteiger partial charge in [0.1, 0.15) is 5.92 Å². The molecule has 2 heterocycles. The minimum atomic E-state index is -0.945. The molecule has 1 aliphatic heterocycles. The third kappa shape index (κ3) is 2.14. The number of carboxylic acid groups (broad SMARTS) is 1. The van der Waals surface area contributed by atoms with Crippen LogP contribution in [0.4, 0.5) is 0 Å². The van der Waals surface area contributed by atoms with Crippen molar-refractivity contribution < 1.29 is 19.4 Å². The number of nitrogens with zero attached hydrogens (tertiary/aromatic N) is 2. The molecule has 1 aliphatic rings. The fraction of sp³-hybridized carbons (Fsp3) is 0.500. The zero-order valence-electron chi connectivity index (χ0n) is 9.29. The fourth-order valence-corrected chi connectivity index (χ4v) is 1.88. The first-order valence-corrected chi connectivity index (χ1v) is 5.17. The van der Waals surface area contributed by atoms with E-state index < -0.39 is 17.9 Å². The lowest BCUT2D eigenvalue weighted by atomic mass is 10.0. The average Bonchev–Trinajstić information content (AvgIpc) is 2.97. The summed E-state index contributed by atoms with van der Waals surface area (Å²) in [6, 6.07) is -0.435. The van der Waals surface area contributed by atoms with Crippen LogP contribution in [0.5, 0.6) is 0 Å². The van der Waals surface area contributed by atoms with Gasteiger partial charge in [0.15, 0.2) is 0 Å². The molecule has 0 saturated carbocycles. The van der Waals surface area contributed by atoms with E-state index in [9.17, 15) is 9.59 Å². The molecule has 17 heavy (non-hydrogen) atoms. The van der Waals surface area contributed by atoms with Crippen LogP contribution in [0, 0.1) is 5.92 Å². The van der Waals surface area contributed by atoms with Crippen molar-refractivity contribution >= 4 is 11.9 Å². The third-order valence-electron chi connectivity index (χ3n) is 2.93. The number of aliphatic carboxylic acids is 1. The topological polar surface area (TPSA) is 95.5 Å². The molecule has 7 nitrogen and oxygen atoms in total. The van der Waals surface area contributed by atoms with Gasteiger partial charge in [-0.3, -0.25) is 14.7 Å². The highest BCUT2D eigenvalue weighted by Crippen LogP contribution is 2.20. The second-order valence-corrected chi connectivity index (χ2v) is 3.95. The number of rotatable bonds is 3. The van der Waals surface area contributed by atoms with Gasteiger partial charge in [0.05, 0.1) is 31.0 Å². The zero-order valence-corrected chi connectivity index (χ0v) is 9.29. The number of amides is 1. The van der Waals surface area contributed by atoms with Crippen LogP contribution in [0.25, 0.3) is 0 Å². The molecule has 0 spiro atoms. The van der Waals surface area contributed by atoms with Crippen molar-refractivity contribution in [1.82, 2.24) is 15.1 Å². The second-order valence-electron chi connectivity index (χ2n) is 3.95. The maximum absolute atomic E-state index is 12.0. The van der Waals surface area contributed by atoms with Gasteiger partial charge in [-0.1, -0.05) is 0 Å². The van der Waals surface area contributed by atoms with E-state index in [1.807, 2.05) is 0 Å². The van der Waals surface area contributed by atoms with Gasteiger partial charge in [0.2, 0.25) is 0 Å². The van der Waals surface area contributed by atoms with Crippen LogP contribution in [-0.4, -0.2) is 58.4 Å². The Morgan fingerprint density at radius 3 is 2.94 bits per heavy atom. The molecule has 2 rings (SSSR count).